The Morgan fingerprint density at radius 3 is 2.54 bits per heavy atom. The third-order valence-corrected chi connectivity index (χ3v) is 4.90. The predicted molar refractivity (Wildman–Crippen MR) is 103 cm³/mol. The van der Waals surface area contributed by atoms with Gasteiger partial charge in [-0.15, -0.1) is 0 Å². The number of hydrogen-bond donors (Lipinski definition) is 1. The van der Waals surface area contributed by atoms with Crippen molar-refractivity contribution in [2.45, 2.75) is 13.0 Å². The third kappa shape index (κ3) is 4.45. The van der Waals surface area contributed by atoms with E-state index < -0.39 is 5.92 Å². The minimum atomic E-state index is -0.939. The van der Waals surface area contributed by atoms with E-state index in [4.69, 9.17) is 4.74 Å². The molecule has 1 N–H and O–H groups in total. The Bertz CT molecular complexity index is 900. The van der Waals surface area contributed by atoms with Crippen molar-refractivity contribution in [3.8, 4) is 12.1 Å². The van der Waals surface area contributed by atoms with Crippen LogP contribution in [0.1, 0.15) is 22.4 Å². The molecule has 1 aromatic heterocycles. The summed E-state index contributed by atoms with van der Waals surface area (Å²) in [6.07, 6.45) is 2.52. The molecule has 1 saturated heterocycles. The minimum absolute atomic E-state index is 0.265. The lowest BCUT2D eigenvalue weighted by molar-refractivity contribution is 0.0341. The van der Waals surface area contributed by atoms with Gasteiger partial charge in [-0.2, -0.15) is 10.5 Å². The maximum atomic E-state index is 13.2. The molecule has 2 aromatic rings. The zero-order valence-corrected chi connectivity index (χ0v) is 15.8. The van der Waals surface area contributed by atoms with Gasteiger partial charge in [-0.05, 0) is 35.2 Å². The highest BCUT2D eigenvalue weighted by Crippen LogP contribution is 2.23. The van der Waals surface area contributed by atoms with Gasteiger partial charge in [0.25, 0.3) is 0 Å². The highest BCUT2D eigenvalue weighted by molar-refractivity contribution is 6.05. The molecule has 6 nitrogen and oxygen atoms in total. The van der Waals surface area contributed by atoms with Crippen molar-refractivity contribution in [1.82, 2.24) is 9.88 Å². The van der Waals surface area contributed by atoms with Crippen molar-refractivity contribution in [3.05, 3.63) is 58.7 Å². The molecule has 144 valence electrons. The van der Waals surface area contributed by atoms with Gasteiger partial charge >= 0.3 is 0 Å². The number of benzene rings is 1. The van der Waals surface area contributed by atoms with E-state index in [-0.39, 0.29) is 5.82 Å². The van der Waals surface area contributed by atoms with Crippen molar-refractivity contribution >= 4 is 5.71 Å². The second-order valence-electron chi connectivity index (χ2n) is 6.66. The molecule has 0 bridgehead atoms. The average Bonchev–Trinajstić information content (AvgIpc) is 3.10. The first-order valence-corrected chi connectivity index (χ1v) is 9.16. The number of hydrogen-bond acceptors (Lipinski definition) is 5. The first kappa shape index (κ1) is 19.8. The first-order valence-electron chi connectivity index (χ1n) is 9.16. The van der Waals surface area contributed by atoms with Crippen molar-refractivity contribution in [2.24, 2.45) is 10.9 Å². The first-order chi connectivity index (χ1) is 13.7. The van der Waals surface area contributed by atoms with Crippen LogP contribution in [0.4, 0.5) is 4.39 Å². The maximum absolute atomic E-state index is 13.2. The molecule has 0 radical (unpaired) electrons. The largest absolute Gasteiger partial charge is 0.379 e. The molecule has 0 atom stereocenters. The number of aliphatic imine (C=N–C) groups is 1. The SMILES string of the molecule is CN=C(c1[nH]cc(Cc2ccc(F)cc2)c1CN1CCOCC1)C(C#N)C#N. The van der Waals surface area contributed by atoms with Crippen LogP contribution in [0.25, 0.3) is 0 Å². The monoisotopic (exact) mass is 379 g/mol. The molecule has 1 aliphatic heterocycles. The van der Waals surface area contributed by atoms with Gasteiger partial charge in [0.1, 0.15) is 5.82 Å². The Morgan fingerprint density at radius 2 is 1.93 bits per heavy atom. The van der Waals surface area contributed by atoms with Gasteiger partial charge < -0.3 is 9.72 Å². The molecule has 2 heterocycles. The Hall–Kier alpha value is -3.00. The highest BCUT2D eigenvalue weighted by atomic mass is 19.1. The smallest absolute Gasteiger partial charge is 0.176 e. The fourth-order valence-corrected chi connectivity index (χ4v) is 3.40. The van der Waals surface area contributed by atoms with Gasteiger partial charge in [0.15, 0.2) is 5.92 Å². The number of aromatic nitrogens is 1. The van der Waals surface area contributed by atoms with Crippen molar-refractivity contribution in [1.29, 1.82) is 10.5 Å². The number of nitrogens with zero attached hydrogens (tertiary/aromatic N) is 4. The summed E-state index contributed by atoms with van der Waals surface area (Å²) in [5.41, 5.74) is 4.21. The van der Waals surface area contributed by atoms with E-state index in [0.29, 0.717) is 31.9 Å². The Balaban J connectivity index is 1.97. The van der Waals surface area contributed by atoms with E-state index in [1.54, 1.807) is 19.2 Å². The van der Waals surface area contributed by atoms with Gasteiger partial charge in [0.05, 0.1) is 36.8 Å². The Labute approximate surface area is 163 Å². The summed E-state index contributed by atoms with van der Waals surface area (Å²) >= 11 is 0. The summed E-state index contributed by atoms with van der Waals surface area (Å²) in [5.74, 6) is -1.20. The van der Waals surface area contributed by atoms with Crippen LogP contribution < -0.4 is 0 Å². The van der Waals surface area contributed by atoms with Gasteiger partial charge in [-0.1, -0.05) is 12.1 Å². The fraction of sp³-hybridized carbons (Fsp3) is 0.381. The normalized spacial score (nSPS) is 15.4. The molecule has 0 unspecified atom stereocenters. The average molecular weight is 379 g/mol. The standard InChI is InChI=1S/C21H22FN5O/c1-25-20(17(11-23)12-24)21-19(14-27-6-8-28-9-7-27)16(13-26-21)10-15-2-4-18(22)5-3-15/h2-5,13,17,26H,6-10,14H2,1H3. The van der Waals surface area contributed by atoms with E-state index in [0.717, 1.165) is 35.5 Å². The van der Waals surface area contributed by atoms with Crippen LogP contribution in [-0.4, -0.2) is 48.9 Å². The molecule has 0 saturated carbocycles. The molecule has 1 aromatic carbocycles. The molecular weight excluding hydrogens is 357 g/mol. The molecular formula is C21H22FN5O. The van der Waals surface area contributed by atoms with Crippen LogP contribution in [0, 0.1) is 34.4 Å². The fourth-order valence-electron chi connectivity index (χ4n) is 3.40. The zero-order chi connectivity index (χ0) is 19.9. The molecule has 3 rings (SSSR count). The molecule has 1 aliphatic rings. The molecule has 0 amide bonds. The van der Waals surface area contributed by atoms with Crippen LogP contribution in [0.3, 0.4) is 0 Å². The molecule has 1 fully saturated rings. The number of morpholine rings is 1. The van der Waals surface area contributed by atoms with Crippen LogP contribution in [-0.2, 0) is 17.7 Å². The Kier molecular flexibility index (Phi) is 6.54. The minimum Gasteiger partial charge on any atom is -0.379 e. The lowest BCUT2D eigenvalue weighted by Crippen LogP contribution is -2.36. The van der Waals surface area contributed by atoms with E-state index in [2.05, 4.69) is 14.9 Å². The third-order valence-electron chi connectivity index (χ3n) is 4.90. The number of aromatic amines is 1. The van der Waals surface area contributed by atoms with Gasteiger partial charge in [-0.25, -0.2) is 4.39 Å². The molecule has 0 spiro atoms. The number of nitriles is 2. The van der Waals surface area contributed by atoms with Crippen LogP contribution >= 0.6 is 0 Å². The number of H-pyrrole nitrogens is 1. The number of nitrogens with one attached hydrogen (secondary N) is 1. The van der Waals surface area contributed by atoms with E-state index in [1.807, 2.05) is 18.3 Å². The number of ether oxygens (including phenoxy) is 1. The summed E-state index contributed by atoms with van der Waals surface area (Å²) in [5, 5.41) is 18.7. The van der Waals surface area contributed by atoms with E-state index in [1.165, 1.54) is 12.1 Å². The van der Waals surface area contributed by atoms with Crippen LogP contribution in [0.15, 0.2) is 35.5 Å². The van der Waals surface area contributed by atoms with Gasteiger partial charge in [0.2, 0.25) is 0 Å². The summed E-state index contributed by atoms with van der Waals surface area (Å²) in [6.45, 7) is 3.67. The molecule has 28 heavy (non-hydrogen) atoms. The Morgan fingerprint density at radius 1 is 1.25 bits per heavy atom. The highest BCUT2D eigenvalue weighted by Gasteiger charge is 2.24. The van der Waals surface area contributed by atoms with Crippen molar-refractivity contribution < 1.29 is 9.13 Å². The van der Waals surface area contributed by atoms with E-state index in [9.17, 15) is 14.9 Å². The van der Waals surface area contributed by atoms with Crippen molar-refractivity contribution in [3.63, 3.8) is 0 Å². The maximum Gasteiger partial charge on any atom is 0.176 e. The topological polar surface area (TPSA) is 88.2 Å². The van der Waals surface area contributed by atoms with Crippen molar-refractivity contribution in [2.75, 3.05) is 33.4 Å². The second kappa shape index (κ2) is 9.27. The summed E-state index contributed by atoms with van der Waals surface area (Å²) < 4.78 is 18.7. The quantitative estimate of drug-likeness (QED) is 0.782. The number of halogens is 1. The van der Waals surface area contributed by atoms with Crippen LogP contribution in [0.2, 0.25) is 0 Å². The summed E-state index contributed by atoms with van der Waals surface area (Å²) in [4.78, 5) is 9.75. The lowest BCUT2D eigenvalue weighted by atomic mass is 9.96. The zero-order valence-electron chi connectivity index (χ0n) is 15.8. The summed E-state index contributed by atoms with van der Waals surface area (Å²) in [7, 11) is 1.59. The number of rotatable bonds is 6. The second-order valence-corrected chi connectivity index (χ2v) is 6.66. The summed E-state index contributed by atoms with van der Waals surface area (Å²) in [6, 6.07) is 10.5. The molecule has 0 aliphatic carbocycles. The van der Waals surface area contributed by atoms with E-state index >= 15 is 0 Å². The van der Waals surface area contributed by atoms with Gasteiger partial charge in [0, 0.05) is 32.9 Å². The van der Waals surface area contributed by atoms with Gasteiger partial charge in [-0.3, -0.25) is 9.89 Å². The van der Waals surface area contributed by atoms with Crippen LogP contribution in [0.5, 0.6) is 0 Å². The predicted octanol–water partition coefficient (Wildman–Crippen LogP) is 2.66. The molecule has 7 heteroatoms. The lowest BCUT2D eigenvalue weighted by Gasteiger charge is -2.27.